The summed E-state index contributed by atoms with van der Waals surface area (Å²) in [5.74, 6) is 0.0917. The van der Waals surface area contributed by atoms with Crippen LogP contribution in [-0.4, -0.2) is 17.4 Å². The molecule has 0 aliphatic carbocycles. The van der Waals surface area contributed by atoms with Gasteiger partial charge in [0.1, 0.15) is 5.58 Å². The van der Waals surface area contributed by atoms with Crippen molar-refractivity contribution in [3.8, 4) is 0 Å². The first-order chi connectivity index (χ1) is 15.1. The Morgan fingerprint density at radius 2 is 1.81 bits per heavy atom. The van der Waals surface area contributed by atoms with Gasteiger partial charge in [-0.1, -0.05) is 60.1 Å². The van der Waals surface area contributed by atoms with Gasteiger partial charge in [0.2, 0.25) is 0 Å². The number of halogens is 1. The van der Waals surface area contributed by atoms with Crippen LogP contribution in [0.1, 0.15) is 33.2 Å². The fourth-order valence-electron chi connectivity index (χ4n) is 4.16. The molecule has 0 radical (unpaired) electrons. The molecule has 0 aliphatic rings. The van der Waals surface area contributed by atoms with Crippen LogP contribution in [0.5, 0.6) is 0 Å². The maximum atomic E-state index is 13.0. The van der Waals surface area contributed by atoms with Crippen LogP contribution in [0.15, 0.2) is 83.4 Å². The third kappa shape index (κ3) is 3.60. The fraction of sp³-hybridized carbons (Fsp3) is 0.115. The summed E-state index contributed by atoms with van der Waals surface area (Å²) in [6.45, 7) is 2.33. The minimum absolute atomic E-state index is 0.000397. The highest BCUT2D eigenvalue weighted by Crippen LogP contribution is 2.31. The fourth-order valence-corrected chi connectivity index (χ4v) is 4.33. The molecule has 1 amide bonds. The van der Waals surface area contributed by atoms with Crippen molar-refractivity contribution >= 4 is 39.4 Å². The Hall–Kier alpha value is -3.50. The minimum atomic E-state index is -0.231. The Morgan fingerprint density at radius 3 is 2.65 bits per heavy atom. The predicted molar refractivity (Wildman–Crippen MR) is 125 cm³/mol. The van der Waals surface area contributed by atoms with Crippen LogP contribution in [-0.2, 0) is 0 Å². The van der Waals surface area contributed by atoms with Crippen molar-refractivity contribution < 1.29 is 9.21 Å². The summed E-state index contributed by atoms with van der Waals surface area (Å²) in [7, 11) is 0. The van der Waals surface area contributed by atoms with E-state index in [0.29, 0.717) is 22.9 Å². The van der Waals surface area contributed by atoms with Gasteiger partial charge in [-0.25, -0.2) is 0 Å². The minimum Gasteiger partial charge on any atom is -0.451 e. The molecule has 154 valence electrons. The molecule has 1 atom stereocenters. The van der Waals surface area contributed by atoms with Gasteiger partial charge in [-0.3, -0.25) is 4.79 Å². The Morgan fingerprint density at radius 1 is 1.03 bits per heavy atom. The van der Waals surface area contributed by atoms with Crippen LogP contribution in [0.3, 0.4) is 0 Å². The molecule has 2 aromatic heterocycles. The number of H-pyrrole nitrogens is 1. The molecule has 0 saturated heterocycles. The van der Waals surface area contributed by atoms with Crippen molar-refractivity contribution in [1.82, 2.24) is 10.3 Å². The maximum Gasteiger partial charge on any atom is 0.287 e. The van der Waals surface area contributed by atoms with Crippen molar-refractivity contribution in [2.45, 2.75) is 12.8 Å². The van der Waals surface area contributed by atoms with E-state index < -0.39 is 0 Å². The highest BCUT2D eigenvalue weighted by molar-refractivity contribution is 6.31. The standard InChI is InChI=1S/C26H21ClN2O2/c1-16-20-13-18(27)11-12-24(20)31-25(16)26(30)29-14-21(17-7-3-2-4-8-17)22-15-28-23-10-6-5-9-19(22)23/h2-13,15,21,28H,14H2,1H3,(H,29,30)/t21-/m1/s1. The van der Waals surface area contributed by atoms with Gasteiger partial charge in [-0.05, 0) is 42.3 Å². The van der Waals surface area contributed by atoms with Crippen molar-refractivity contribution in [3.05, 3.63) is 106 Å². The molecule has 5 heteroatoms. The number of hydrogen-bond acceptors (Lipinski definition) is 2. The van der Waals surface area contributed by atoms with Crippen molar-refractivity contribution in [3.63, 3.8) is 0 Å². The lowest BCUT2D eigenvalue weighted by Crippen LogP contribution is -2.29. The Bertz CT molecular complexity index is 1380. The lowest BCUT2D eigenvalue weighted by molar-refractivity contribution is 0.0926. The van der Waals surface area contributed by atoms with Crippen LogP contribution in [0, 0.1) is 6.92 Å². The van der Waals surface area contributed by atoms with Gasteiger partial charge in [-0.2, -0.15) is 0 Å². The van der Waals surface area contributed by atoms with E-state index in [2.05, 4.69) is 34.6 Å². The Balaban J connectivity index is 1.47. The number of carbonyl (C=O) groups excluding carboxylic acids is 1. The number of fused-ring (bicyclic) bond motifs is 2. The average molecular weight is 429 g/mol. The first kappa shape index (κ1) is 19.5. The van der Waals surface area contributed by atoms with Crippen molar-refractivity contribution in [2.75, 3.05) is 6.54 Å². The molecule has 5 rings (SSSR count). The number of amides is 1. The van der Waals surface area contributed by atoms with E-state index in [0.717, 1.165) is 33.0 Å². The third-order valence-electron chi connectivity index (χ3n) is 5.77. The van der Waals surface area contributed by atoms with Crippen LogP contribution >= 0.6 is 11.6 Å². The first-order valence-corrected chi connectivity index (χ1v) is 10.6. The summed E-state index contributed by atoms with van der Waals surface area (Å²) in [4.78, 5) is 16.4. The molecule has 0 saturated carbocycles. The lowest BCUT2D eigenvalue weighted by atomic mass is 9.91. The number of aromatic nitrogens is 1. The molecule has 3 aromatic carbocycles. The van der Waals surface area contributed by atoms with Gasteiger partial charge in [0.15, 0.2) is 5.76 Å². The molecule has 0 bridgehead atoms. The zero-order valence-corrected chi connectivity index (χ0v) is 17.7. The Labute approximate surface area is 184 Å². The molecular weight excluding hydrogens is 408 g/mol. The van der Waals surface area contributed by atoms with Crippen LogP contribution < -0.4 is 5.32 Å². The summed E-state index contributed by atoms with van der Waals surface area (Å²) in [5.41, 5.74) is 4.81. The van der Waals surface area contributed by atoms with E-state index in [1.165, 1.54) is 0 Å². The maximum absolute atomic E-state index is 13.0. The SMILES string of the molecule is Cc1c(C(=O)NC[C@H](c2ccccc2)c2c[nH]c3ccccc23)oc2ccc(Cl)cc12. The highest BCUT2D eigenvalue weighted by Gasteiger charge is 2.22. The molecule has 5 aromatic rings. The number of nitrogens with one attached hydrogen (secondary N) is 2. The van der Waals surface area contributed by atoms with Crippen LogP contribution in [0.2, 0.25) is 5.02 Å². The summed E-state index contributed by atoms with van der Waals surface area (Å²) in [6, 6.07) is 23.8. The van der Waals surface area contributed by atoms with E-state index in [4.69, 9.17) is 16.0 Å². The van der Waals surface area contributed by atoms with Crippen molar-refractivity contribution in [1.29, 1.82) is 0 Å². The van der Waals surface area contributed by atoms with E-state index >= 15 is 0 Å². The quantitative estimate of drug-likeness (QED) is 0.338. The van der Waals surface area contributed by atoms with Gasteiger partial charge in [-0.15, -0.1) is 0 Å². The van der Waals surface area contributed by atoms with Gasteiger partial charge in [0, 0.05) is 45.5 Å². The van der Waals surface area contributed by atoms with Gasteiger partial charge in [0.05, 0.1) is 0 Å². The predicted octanol–water partition coefficient (Wildman–Crippen LogP) is 6.44. The van der Waals surface area contributed by atoms with E-state index in [-0.39, 0.29) is 11.8 Å². The molecule has 0 fully saturated rings. The first-order valence-electron chi connectivity index (χ1n) is 10.2. The van der Waals surface area contributed by atoms with Gasteiger partial charge >= 0.3 is 0 Å². The molecule has 0 spiro atoms. The van der Waals surface area contributed by atoms with Crippen LogP contribution in [0.4, 0.5) is 0 Å². The number of furan rings is 1. The summed E-state index contributed by atoms with van der Waals surface area (Å²) >= 11 is 6.11. The molecule has 31 heavy (non-hydrogen) atoms. The number of aromatic amines is 1. The van der Waals surface area contributed by atoms with Gasteiger partial charge < -0.3 is 14.7 Å². The van der Waals surface area contributed by atoms with Crippen LogP contribution in [0.25, 0.3) is 21.9 Å². The lowest BCUT2D eigenvalue weighted by Gasteiger charge is -2.18. The van der Waals surface area contributed by atoms with Gasteiger partial charge in [0.25, 0.3) is 5.91 Å². The summed E-state index contributed by atoms with van der Waals surface area (Å²) in [6.07, 6.45) is 2.03. The molecule has 2 heterocycles. The van der Waals surface area contributed by atoms with E-state index in [1.807, 2.05) is 49.5 Å². The Kier molecular flexibility index (Phi) is 5.00. The number of hydrogen-bond donors (Lipinski definition) is 2. The normalized spacial score (nSPS) is 12.3. The number of para-hydroxylation sites is 1. The van der Waals surface area contributed by atoms with Crippen molar-refractivity contribution in [2.24, 2.45) is 0 Å². The average Bonchev–Trinajstić information content (AvgIpc) is 3.36. The summed E-state index contributed by atoms with van der Waals surface area (Å²) < 4.78 is 5.84. The molecule has 0 unspecified atom stereocenters. The highest BCUT2D eigenvalue weighted by atomic mass is 35.5. The molecule has 0 aliphatic heterocycles. The second-order valence-corrected chi connectivity index (χ2v) is 8.10. The second kappa shape index (κ2) is 7.97. The monoisotopic (exact) mass is 428 g/mol. The second-order valence-electron chi connectivity index (χ2n) is 7.66. The van der Waals surface area contributed by atoms with E-state index in [1.54, 1.807) is 12.1 Å². The van der Waals surface area contributed by atoms with E-state index in [9.17, 15) is 4.79 Å². The molecule has 4 nitrogen and oxygen atoms in total. The summed E-state index contributed by atoms with van der Waals surface area (Å²) in [5, 5.41) is 5.71. The number of aryl methyl sites for hydroxylation is 1. The third-order valence-corrected chi connectivity index (χ3v) is 6.00. The number of carbonyl (C=O) groups is 1. The smallest absolute Gasteiger partial charge is 0.287 e. The largest absolute Gasteiger partial charge is 0.451 e. The zero-order valence-electron chi connectivity index (χ0n) is 17.0. The topological polar surface area (TPSA) is 58.0 Å². The number of rotatable bonds is 5. The zero-order chi connectivity index (χ0) is 21.4. The molecule has 2 N–H and O–H groups in total. The number of benzene rings is 3. The molecular formula is C26H21ClN2O2.